The quantitative estimate of drug-likeness (QED) is 0.624. The second-order valence-corrected chi connectivity index (χ2v) is 4.67. The van der Waals surface area contributed by atoms with Crippen LogP contribution in [0, 0.1) is 27.7 Å². The van der Waals surface area contributed by atoms with Gasteiger partial charge in [-0.2, -0.15) is 0 Å². The second kappa shape index (κ2) is 6.70. The summed E-state index contributed by atoms with van der Waals surface area (Å²) in [5.74, 6) is -0.998. The standard InChI is InChI=1S/C13H19BNO3.H2O/c1-6-8(3)12(14-18)9(4)7(2)10(6)5-11(15)13(16)17;/h11,18H,5,15H2,1-4H3,(H,16,17);1H2. The average Bonchev–Trinajstić information content (AvgIpc) is 2.32. The Morgan fingerprint density at radius 3 is 1.89 bits per heavy atom. The molecule has 0 bridgehead atoms. The Morgan fingerprint density at radius 1 is 1.16 bits per heavy atom. The molecule has 0 spiro atoms. The van der Waals surface area contributed by atoms with Gasteiger partial charge in [0.25, 0.3) is 0 Å². The smallest absolute Gasteiger partial charge is 0.327 e. The van der Waals surface area contributed by atoms with Crippen molar-refractivity contribution in [3.63, 3.8) is 0 Å². The first-order chi connectivity index (χ1) is 8.31. The Kier molecular flexibility index (Phi) is 6.22. The first-order valence-corrected chi connectivity index (χ1v) is 5.86. The van der Waals surface area contributed by atoms with Crippen molar-refractivity contribution in [1.82, 2.24) is 0 Å². The number of nitrogens with two attached hydrogens (primary N) is 1. The SMILES string of the molecule is Cc1c(C)c(CC(N)C(=O)O)c(C)c(C)c1[B]O.O. The monoisotopic (exact) mass is 266 g/mol. The second-order valence-electron chi connectivity index (χ2n) is 4.67. The van der Waals surface area contributed by atoms with E-state index in [-0.39, 0.29) is 5.48 Å². The molecule has 1 aromatic carbocycles. The van der Waals surface area contributed by atoms with E-state index in [1.165, 1.54) is 0 Å². The van der Waals surface area contributed by atoms with E-state index in [1.54, 1.807) is 0 Å². The molecule has 0 aliphatic rings. The molecule has 1 aromatic rings. The van der Waals surface area contributed by atoms with Crippen molar-refractivity contribution in [1.29, 1.82) is 0 Å². The van der Waals surface area contributed by atoms with E-state index >= 15 is 0 Å². The van der Waals surface area contributed by atoms with Crippen LogP contribution in [0.15, 0.2) is 0 Å². The minimum Gasteiger partial charge on any atom is -0.480 e. The lowest BCUT2D eigenvalue weighted by atomic mass is 9.75. The predicted octanol–water partition coefficient (Wildman–Crippen LogP) is -0.713. The number of aliphatic carboxylic acids is 1. The lowest BCUT2D eigenvalue weighted by Crippen LogP contribution is -2.34. The van der Waals surface area contributed by atoms with Gasteiger partial charge in [0.15, 0.2) is 0 Å². The van der Waals surface area contributed by atoms with Crippen molar-refractivity contribution in [3.05, 3.63) is 27.8 Å². The Balaban J connectivity index is 0.00000324. The van der Waals surface area contributed by atoms with Crippen LogP contribution >= 0.6 is 0 Å². The van der Waals surface area contributed by atoms with Gasteiger partial charge in [-0.3, -0.25) is 4.79 Å². The van der Waals surface area contributed by atoms with Gasteiger partial charge in [0.2, 0.25) is 0 Å². The van der Waals surface area contributed by atoms with Gasteiger partial charge in [-0.1, -0.05) is 11.1 Å². The van der Waals surface area contributed by atoms with E-state index in [9.17, 15) is 9.82 Å². The molecule has 0 heterocycles. The van der Waals surface area contributed by atoms with Gasteiger partial charge in [-0.25, -0.2) is 0 Å². The minimum absolute atomic E-state index is 0. The Hall–Kier alpha value is -1.37. The summed E-state index contributed by atoms with van der Waals surface area (Å²) in [6.45, 7) is 7.69. The summed E-state index contributed by atoms with van der Waals surface area (Å²) in [5, 5.41) is 18.2. The van der Waals surface area contributed by atoms with Gasteiger partial charge in [-0.15, -0.1) is 0 Å². The molecule has 6 heteroatoms. The van der Waals surface area contributed by atoms with Crippen LogP contribution < -0.4 is 11.2 Å². The van der Waals surface area contributed by atoms with Crippen LogP contribution in [0.2, 0.25) is 0 Å². The number of carboxylic acid groups (broad SMARTS) is 1. The fourth-order valence-electron chi connectivity index (χ4n) is 2.23. The molecular weight excluding hydrogens is 245 g/mol. The summed E-state index contributed by atoms with van der Waals surface area (Å²) in [7, 11) is 1.10. The molecule has 6 N–H and O–H groups in total. The number of carbonyl (C=O) groups is 1. The van der Waals surface area contributed by atoms with Crippen LogP contribution in [0.5, 0.6) is 0 Å². The lowest BCUT2D eigenvalue weighted by Gasteiger charge is -2.20. The zero-order chi connectivity index (χ0) is 14.0. The third-order valence-corrected chi connectivity index (χ3v) is 3.71. The molecule has 105 valence electrons. The molecule has 0 aliphatic carbocycles. The molecule has 0 amide bonds. The molecule has 1 unspecified atom stereocenters. The van der Waals surface area contributed by atoms with Gasteiger partial charge in [-0.05, 0) is 56.3 Å². The number of carboxylic acids is 1. The molecule has 0 saturated carbocycles. The topological polar surface area (TPSA) is 115 Å². The zero-order valence-corrected chi connectivity index (χ0v) is 11.7. The van der Waals surface area contributed by atoms with Crippen LogP contribution in [-0.2, 0) is 11.2 Å². The van der Waals surface area contributed by atoms with Crippen LogP contribution in [0.25, 0.3) is 0 Å². The van der Waals surface area contributed by atoms with E-state index in [0.717, 1.165) is 40.8 Å². The molecule has 1 atom stereocenters. The maximum absolute atomic E-state index is 10.8. The van der Waals surface area contributed by atoms with Crippen LogP contribution in [-0.4, -0.2) is 35.1 Å². The predicted molar refractivity (Wildman–Crippen MR) is 75.9 cm³/mol. The zero-order valence-electron chi connectivity index (χ0n) is 11.7. The van der Waals surface area contributed by atoms with Gasteiger partial charge >= 0.3 is 13.5 Å². The summed E-state index contributed by atoms with van der Waals surface area (Å²) < 4.78 is 0. The first kappa shape index (κ1) is 17.6. The highest BCUT2D eigenvalue weighted by molar-refractivity contribution is 6.47. The Bertz CT molecular complexity index is 459. The van der Waals surface area contributed by atoms with E-state index in [4.69, 9.17) is 10.8 Å². The van der Waals surface area contributed by atoms with Gasteiger partial charge in [0.1, 0.15) is 6.04 Å². The summed E-state index contributed by atoms with van der Waals surface area (Å²) in [6.07, 6.45) is 0.306. The first-order valence-electron chi connectivity index (χ1n) is 5.86. The Morgan fingerprint density at radius 2 is 1.58 bits per heavy atom. The molecule has 1 radical (unpaired) electrons. The summed E-state index contributed by atoms with van der Waals surface area (Å²) in [4.78, 5) is 10.8. The van der Waals surface area contributed by atoms with Crippen LogP contribution in [0.1, 0.15) is 27.8 Å². The Labute approximate surface area is 114 Å². The molecular formula is C13H21BNO4. The third-order valence-electron chi connectivity index (χ3n) is 3.71. The molecule has 5 nitrogen and oxygen atoms in total. The van der Waals surface area contributed by atoms with Crippen molar-refractivity contribution in [2.24, 2.45) is 5.73 Å². The van der Waals surface area contributed by atoms with Gasteiger partial charge in [0, 0.05) is 0 Å². The van der Waals surface area contributed by atoms with E-state index in [1.807, 2.05) is 27.7 Å². The molecule has 0 saturated heterocycles. The largest absolute Gasteiger partial charge is 0.480 e. The van der Waals surface area contributed by atoms with Crippen molar-refractivity contribution >= 4 is 18.9 Å². The van der Waals surface area contributed by atoms with Crippen molar-refractivity contribution < 1.29 is 20.4 Å². The van der Waals surface area contributed by atoms with Crippen molar-refractivity contribution in [2.45, 2.75) is 40.2 Å². The highest BCUT2D eigenvalue weighted by atomic mass is 16.4. The fraction of sp³-hybridized carbons (Fsp3) is 0.462. The molecule has 0 aromatic heterocycles. The molecule has 0 fully saturated rings. The molecule has 0 aliphatic heterocycles. The highest BCUT2D eigenvalue weighted by Gasteiger charge is 2.19. The molecule has 19 heavy (non-hydrogen) atoms. The van der Waals surface area contributed by atoms with Crippen LogP contribution in [0.4, 0.5) is 0 Å². The van der Waals surface area contributed by atoms with E-state index in [2.05, 4.69) is 0 Å². The van der Waals surface area contributed by atoms with Crippen molar-refractivity contribution in [2.75, 3.05) is 0 Å². The summed E-state index contributed by atoms with van der Waals surface area (Å²) >= 11 is 0. The average molecular weight is 266 g/mol. The summed E-state index contributed by atoms with van der Waals surface area (Å²) in [5.41, 5.74) is 11.3. The highest BCUT2D eigenvalue weighted by Crippen LogP contribution is 2.21. The normalized spacial score (nSPS) is 11.7. The maximum atomic E-state index is 10.8. The van der Waals surface area contributed by atoms with Gasteiger partial charge in [0.05, 0.1) is 0 Å². The number of rotatable bonds is 4. The van der Waals surface area contributed by atoms with Crippen molar-refractivity contribution in [3.8, 4) is 0 Å². The molecule has 1 rings (SSSR count). The minimum atomic E-state index is -0.998. The fourth-order valence-corrected chi connectivity index (χ4v) is 2.23. The van der Waals surface area contributed by atoms with E-state index in [0.29, 0.717) is 6.42 Å². The van der Waals surface area contributed by atoms with Gasteiger partial charge < -0.3 is 21.3 Å². The lowest BCUT2D eigenvalue weighted by molar-refractivity contribution is -0.138. The maximum Gasteiger partial charge on any atom is 0.327 e. The number of hydrogen-bond acceptors (Lipinski definition) is 3. The number of hydrogen-bond donors (Lipinski definition) is 3. The number of benzene rings is 1. The summed E-state index contributed by atoms with van der Waals surface area (Å²) in [6, 6.07) is -0.898. The van der Waals surface area contributed by atoms with Crippen LogP contribution in [0.3, 0.4) is 0 Å². The van der Waals surface area contributed by atoms with E-state index < -0.39 is 12.0 Å². The third kappa shape index (κ3) is 3.35.